The molecule has 1 N–H and O–H groups in total. The van der Waals surface area contributed by atoms with Crippen LogP contribution in [0.4, 0.5) is 0 Å². The van der Waals surface area contributed by atoms with Gasteiger partial charge in [0, 0.05) is 11.6 Å². The third-order valence-corrected chi connectivity index (χ3v) is 4.05. The average molecular weight is 329 g/mol. The molecule has 3 aromatic rings. The van der Waals surface area contributed by atoms with Crippen molar-refractivity contribution < 1.29 is 9.47 Å². The van der Waals surface area contributed by atoms with Crippen LogP contribution in [-0.4, -0.2) is 23.7 Å². The van der Waals surface area contributed by atoms with Gasteiger partial charge in [-0.05, 0) is 42.0 Å². The molecular formula is C20H15N3O2. The Morgan fingerprint density at radius 3 is 3.00 bits per heavy atom. The normalized spacial score (nSPS) is 13.6. The monoisotopic (exact) mass is 329 g/mol. The van der Waals surface area contributed by atoms with Crippen molar-refractivity contribution in [1.29, 1.82) is 5.26 Å². The van der Waals surface area contributed by atoms with Crippen LogP contribution >= 0.6 is 0 Å². The van der Waals surface area contributed by atoms with Crippen LogP contribution in [0.5, 0.6) is 11.5 Å². The number of benzene rings is 2. The molecule has 1 aliphatic rings. The Morgan fingerprint density at radius 2 is 2.20 bits per heavy atom. The molecule has 2 heterocycles. The maximum absolute atomic E-state index is 9.54. The summed E-state index contributed by atoms with van der Waals surface area (Å²) >= 11 is 0. The summed E-state index contributed by atoms with van der Waals surface area (Å²) in [6, 6.07) is 15.6. The van der Waals surface area contributed by atoms with E-state index < -0.39 is 0 Å². The third-order valence-electron chi connectivity index (χ3n) is 4.05. The van der Waals surface area contributed by atoms with Crippen LogP contribution in [0.3, 0.4) is 0 Å². The molecule has 5 nitrogen and oxygen atoms in total. The summed E-state index contributed by atoms with van der Waals surface area (Å²) in [7, 11) is 1.63. The number of H-pyrrole nitrogens is 1. The Morgan fingerprint density at radius 1 is 1.32 bits per heavy atom. The molecule has 25 heavy (non-hydrogen) atoms. The van der Waals surface area contributed by atoms with Gasteiger partial charge >= 0.3 is 0 Å². The van der Waals surface area contributed by atoms with E-state index in [1.54, 1.807) is 7.11 Å². The summed E-state index contributed by atoms with van der Waals surface area (Å²) in [6.45, 7) is 0.394. The number of aromatic nitrogens is 2. The lowest BCUT2D eigenvalue weighted by atomic mass is 10.0. The summed E-state index contributed by atoms with van der Waals surface area (Å²) in [5, 5.41) is 9.54. The first kappa shape index (κ1) is 15.0. The summed E-state index contributed by atoms with van der Waals surface area (Å²) in [6.07, 6.45) is 3.82. The number of hydrogen-bond acceptors (Lipinski definition) is 4. The number of fused-ring (bicyclic) bond motifs is 2. The average Bonchev–Trinajstić information content (AvgIpc) is 3.09. The van der Waals surface area contributed by atoms with E-state index in [2.05, 4.69) is 16.0 Å². The van der Waals surface area contributed by atoms with Gasteiger partial charge in [-0.25, -0.2) is 4.98 Å². The third kappa shape index (κ3) is 2.86. The zero-order valence-electron chi connectivity index (χ0n) is 13.6. The van der Waals surface area contributed by atoms with Gasteiger partial charge in [0.25, 0.3) is 0 Å². The van der Waals surface area contributed by atoms with Crippen LogP contribution in [-0.2, 0) is 0 Å². The number of allylic oxidation sites excluding steroid dienone is 1. The zero-order valence-corrected chi connectivity index (χ0v) is 13.6. The highest BCUT2D eigenvalue weighted by molar-refractivity contribution is 5.84. The van der Waals surface area contributed by atoms with E-state index in [0.717, 1.165) is 33.7 Å². The van der Waals surface area contributed by atoms with E-state index in [4.69, 9.17) is 9.47 Å². The number of hydrogen-bond donors (Lipinski definition) is 1. The van der Waals surface area contributed by atoms with E-state index in [9.17, 15) is 5.26 Å². The van der Waals surface area contributed by atoms with Gasteiger partial charge in [0.15, 0.2) is 0 Å². The quantitative estimate of drug-likeness (QED) is 0.739. The molecule has 0 atom stereocenters. The summed E-state index contributed by atoms with van der Waals surface area (Å²) in [5.41, 5.74) is 4.09. The largest absolute Gasteiger partial charge is 0.497 e. The first-order chi connectivity index (χ1) is 12.3. The van der Waals surface area contributed by atoms with Crippen LogP contribution in [0.15, 0.2) is 54.1 Å². The summed E-state index contributed by atoms with van der Waals surface area (Å²) in [5.74, 6) is 2.09. The molecule has 122 valence electrons. The fraction of sp³-hybridized carbons (Fsp3) is 0.100. The van der Waals surface area contributed by atoms with Crippen LogP contribution in [0.2, 0.25) is 0 Å². The molecule has 4 rings (SSSR count). The molecule has 0 radical (unpaired) electrons. The first-order valence-electron chi connectivity index (χ1n) is 7.85. The van der Waals surface area contributed by atoms with Crippen LogP contribution < -0.4 is 9.47 Å². The van der Waals surface area contributed by atoms with E-state index in [1.165, 1.54) is 0 Å². The molecule has 1 aromatic heterocycles. The molecule has 0 bridgehead atoms. The van der Waals surface area contributed by atoms with E-state index >= 15 is 0 Å². The smallest absolute Gasteiger partial charge is 0.149 e. The lowest BCUT2D eigenvalue weighted by Crippen LogP contribution is -2.06. The molecule has 2 aromatic carbocycles. The van der Waals surface area contributed by atoms with Gasteiger partial charge < -0.3 is 14.5 Å². The number of nitriles is 1. The highest BCUT2D eigenvalue weighted by atomic mass is 16.5. The molecule has 0 fully saturated rings. The van der Waals surface area contributed by atoms with Crippen molar-refractivity contribution >= 4 is 22.7 Å². The lowest BCUT2D eigenvalue weighted by molar-refractivity contribution is 0.346. The van der Waals surface area contributed by atoms with Crippen molar-refractivity contribution in [3.8, 4) is 17.6 Å². The van der Waals surface area contributed by atoms with Crippen molar-refractivity contribution in [2.24, 2.45) is 0 Å². The lowest BCUT2D eigenvalue weighted by Gasteiger charge is -2.17. The fourth-order valence-electron chi connectivity index (χ4n) is 2.79. The van der Waals surface area contributed by atoms with Gasteiger partial charge in [0.1, 0.15) is 30.0 Å². The van der Waals surface area contributed by atoms with Gasteiger partial charge in [-0.1, -0.05) is 12.1 Å². The number of aromatic amines is 1. The molecular weight excluding hydrogens is 314 g/mol. The van der Waals surface area contributed by atoms with Crippen LogP contribution in [0.1, 0.15) is 11.4 Å². The Kier molecular flexibility index (Phi) is 3.71. The second-order valence-electron chi connectivity index (χ2n) is 5.68. The van der Waals surface area contributed by atoms with E-state index in [0.29, 0.717) is 18.0 Å². The highest BCUT2D eigenvalue weighted by Crippen LogP contribution is 2.31. The Balaban J connectivity index is 1.70. The number of para-hydroxylation sites is 2. The van der Waals surface area contributed by atoms with Gasteiger partial charge in [-0.15, -0.1) is 0 Å². The molecule has 0 spiro atoms. The Labute approximate surface area is 144 Å². The van der Waals surface area contributed by atoms with Gasteiger partial charge in [0.2, 0.25) is 0 Å². The highest BCUT2D eigenvalue weighted by Gasteiger charge is 2.14. The van der Waals surface area contributed by atoms with Gasteiger partial charge in [-0.3, -0.25) is 0 Å². The maximum Gasteiger partial charge on any atom is 0.149 e. The van der Waals surface area contributed by atoms with Crippen molar-refractivity contribution in [2.75, 3.05) is 13.7 Å². The van der Waals surface area contributed by atoms with E-state index in [1.807, 2.05) is 54.6 Å². The van der Waals surface area contributed by atoms with Gasteiger partial charge in [0.05, 0.1) is 23.7 Å². The minimum absolute atomic E-state index is 0.394. The first-order valence-corrected chi connectivity index (χ1v) is 7.85. The molecule has 0 aliphatic carbocycles. The maximum atomic E-state index is 9.54. The van der Waals surface area contributed by atoms with Crippen LogP contribution in [0, 0.1) is 11.3 Å². The predicted octanol–water partition coefficient (Wildman–Crippen LogP) is 3.95. The zero-order chi connectivity index (χ0) is 17.2. The minimum Gasteiger partial charge on any atom is -0.497 e. The van der Waals surface area contributed by atoms with Gasteiger partial charge in [-0.2, -0.15) is 5.26 Å². The molecule has 0 saturated heterocycles. The van der Waals surface area contributed by atoms with Crippen molar-refractivity contribution in [1.82, 2.24) is 9.97 Å². The van der Waals surface area contributed by atoms with Crippen molar-refractivity contribution in [3.63, 3.8) is 0 Å². The second-order valence-corrected chi connectivity index (χ2v) is 5.68. The van der Waals surface area contributed by atoms with Crippen molar-refractivity contribution in [2.45, 2.75) is 0 Å². The van der Waals surface area contributed by atoms with Crippen LogP contribution in [0.25, 0.3) is 22.7 Å². The Bertz CT molecular complexity index is 1020. The molecule has 0 amide bonds. The minimum atomic E-state index is 0.394. The molecule has 1 aliphatic heterocycles. The predicted molar refractivity (Wildman–Crippen MR) is 96.1 cm³/mol. The molecule has 0 unspecified atom stereocenters. The summed E-state index contributed by atoms with van der Waals surface area (Å²) in [4.78, 5) is 7.67. The summed E-state index contributed by atoms with van der Waals surface area (Å²) < 4.78 is 11.0. The van der Waals surface area contributed by atoms with E-state index in [-0.39, 0.29) is 0 Å². The standard InChI is InChI=1S/C20H15N3O2/c1-24-16-7-6-14-8-13(12-25-19(14)10-16)9-15(11-21)20-22-17-4-2-3-5-18(17)23-20/h2-10H,12H2,1H3,(H,22,23)/b15-9+. The van der Waals surface area contributed by atoms with Crippen molar-refractivity contribution in [3.05, 3.63) is 65.5 Å². The molecule has 5 heteroatoms. The SMILES string of the molecule is COc1ccc2c(c1)OCC(/C=C(\C#N)c1nc3ccccc3[nH]1)=C2. The number of ether oxygens (including phenoxy) is 2. The number of methoxy groups -OCH3 is 1. The Hall–Kier alpha value is -3.52. The number of nitrogens with zero attached hydrogens (tertiary/aromatic N) is 2. The molecule has 0 saturated carbocycles. The number of imidazole rings is 1. The number of nitrogens with one attached hydrogen (secondary N) is 1. The fourth-order valence-corrected chi connectivity index (χ4v) is 2.79. The second kappa shape index (κ2) is 6.17. The number of rotatable bonds is 3. The topological polar surface area (TPSA) is 70.9 Å².